The first-order chi connectivity index (χ1) is 6.28. The van der Waals surface area contributed by atoms with Gasteiger partial charge in [-0.3, -0.25) is 0 Å². The van der Waals surface area contributed by atoms with E-state index in [1.54, 1.807) is 0 Å². The standard InChI is InChI=1S/C11H25NS/c1-5-8-10(6-2)12-11(7-3)9-13-4/h10-12H,5-9H2,1-4H3. The van der Waals surface area contributed by atoms with E-state index in [9.17, 15) is 0 Å². The summed E-state index contributed by atoms with van der Waals surface area (Å²) in [7, 11) is 0. The smallest absolute Gasteiger partial charge is 0.0158 e. The Bertz CT molecular complexity index is 94.3. The number of hydrogen-bond acceptors (Lipinski definition) is 2. The Morgan fingerprint density at radius 2 is 1.69 bits per heavy atom. The van der Waals surface area contributed by atoms with Gasteiger partial charge in [-0.25, -0.2) is 0 Å². The van der Waals surface area contributed by atoms with Gasteiger partial charge in [-0.15, -0.1) is 0 Å². The Morgan fingerprint density at radius 1 is 1.08 bits per heavy atom. The molecular weight excluding hydrogens is 178 g/mol. The van der Waals surface area contributed by atoms with E-state index < -0.39 is 0 Å². The molecule has 1 nitrogen and oxygen atoms in total. The summed E-state index contributed by atoms with van der Waals surface area (Å²) in [6.07, 6.45) is 7.31. The molecular formula is C11H25NS. The van der Waals surface area contributed by atoms with Gasteiger partial charge in [0.05, 0.1) is 0 Å². The fraction of sp³-hybridized carbons (Fsp3) is 1.00. The first-order valence-corrected chi connectivity index (χ1v) is 6.92. The van der Waals surface area contributed by atoms with Gasteiger partial charge in [0, 0.05) is 17.8 Å². The predicted molar refractivity (Wildman–Crippen MR) is 64.6 cm³/mol. The highest BCUT2D eigenvalue weighted by atomic mass is 32.2. The molecule has 0 saturated heterocycles. The first kappa shape index (κ1) is 13.3. The highest BCUT2D eigenvalue weighted by Crippen LogP contribution is 2.07. The normalized spacial score (nSPS) is 15.7. The minimum absolute atomic E-state index is 0.714. The summed E-state index contributed by atoms with van der Waals surface area (Å²) in [5, 5.41) is 3.73. The van der Waals surface area contributed by atoms with Crippen molar-refractivity contribution >= 4 is 11.8 Å². The Balaban J connectivity index is 3.73. The molecule has 0 bridgehead atoms. The average Bonchev–Trinajstić information content (AvgIpc) is 2.16. The summed E-state index contributed by atoms with van der Waals surface area (Å²) in [5.41, 5.74) is 0. The van der Waals surface area contributed by atoms with E-state index in [1.807, 2.05) is 11.8 Å². The van der Waals surface area contributed by atoms with Crippen molar-refractivity contribution in [3.05, 3.63) is 0 Å². The van der Waals surface area contributed by atoms with Crippen LogP contribution >= 0.6 is 11.8 Å². The van der Waals surface area contributed by atoms with E-state index in [-0.39, 0.29) is 0 Å². The zero-order chi connectivity index (χ0) is 10.1. The van der Waals surface area contributed by atoms with Crippen LogP contribution in [-0.4, -0.2) is 24.1 Å². The molecule has 80 valence electrons. The zero-order valence-electron chi connectivity index (χ0n) is 9.60. The minimum Gasteiger partial charge on any atom is -0.310 e. The molecule has 0 aliphatic carbocycles. The van der Waals surface area contributed by atoms with Crippen molar-refractivity contribution in [2.24, 2.45) is 0 Å². The average molecular weight is 203 g/mol. The third-order valence-electron chi connectivity index (χ3n) is 2.46. The lowest BCUT2D eigenvalue weighted by Crippen LogP contribution is -2.39. The molecule has 0 radical (unpaired) electrons. The summed E-state index contributed by atoms with van der Waals surface area (Å²) in [6, 6.07) is 1.45. The summed E-state index contributed by atoms with van der Waals surface area (Å²) < 4.78 is 0. The summed E-state index contributed by atoms with van der Waals surface area (Å²) in [4.78, 5) is 0. The van der Waals surface area contributed by atoms with Crippen LogP contribution in [0, 0.1) is 0 Å². The molecule has 0 rings (SSSR count). The van der Waals surface area contributed by atoms with E-state index in [0.717, 1.165) is 6.04 Å². The lowest BCUT2D eigenvalue weighted by atomic mass is 10.1. The van der Waals surface area contributed by atoms with Crippen LogP contribution in [0.15, 0.2) is 0 Å². The monoisotopic (exact) mass is 203 g/mol. The van der Waals surface area contributed by atoms with Crippen LogP contribution in [0.4, 0.5) is 0 Å². The van der Waals surface area contributed by atoms with Crippen molar-refractivity contribution < 1.29 is 0 Å². The van der Waals surface area contributed by atoms with Crippen molar-refractivity contribution in [3.63, 3.8) is 0 Å². The molecule has 0 spiro atoms. The molecule has 0 fully saturated rings. The summed E-state index contributed by atoms with van der Waals surface area (Å²) in [5.74, 6) is 1.25. The Hall–Kier alpha value is 0.310. The molecule has 0 aromatic carbocycles. The number of rotatable bonds is 8. The maximum atomic E-state index is 3.73. The summed E-state index contributed by atoms with van der Waals surface area (Å²) >= 11 is 1.94. The van der Waals surface area contributed by atoms with Gasteiger partial charge in [-0.05, 0) is 25.5 Å². The largest absolute Gasteiger partial charge is 0.310 e. The third kappa shape index (κ3) is 6.39. The van der Waals surface area contributed by atoms with Crippen LogP contribution < -0.4 is 5.32 Å². The fourth-order valence-corrected chi connectivity index (χ4v) is 2.31. The van der Waals surface area contributed by atoms with Crippen LogP contribution in [0.3, 0.4) is 0 Å². The minimum atomic E-state index is 0.714. The second-order valence-electron chi connectivity index (χ2n) is 3.62. The van der Waals surface area contributed by atoms with Gasteiger partial charge in [0.2, 0.25) is 0 Å². The van der Waals surface area contributed by atoms with Gasteiger partial charge in [0.1, 0.15) is 0 Å². The van der Waals surface area contributed by atoms with Crippen molar-refractivity contribution in [3.8, 4) is 0 Å². The second-order valence-corrected chi connectivity index (χ2v) is 4.53. The third-order valence-corrected chi connectivity index (χ3v) is 3.20. The number of nitrogens with one attached hydrogen (secondary N) is 1. The predicted octanol–water partition coefficient (Wildman–Crippen LogP) is 3.30. The van der Waals surface area contributed by atoms with E-state index in [0.29, 0.717) is 6.04 Å². The van der Waals surface area contributed by atoms with Crippen molar-refractivity contribution in [1.82, 2.24) is 5.32 Å². The molecule has 0 aromatic rings. The quantitative estimate of drug-likeness (QED) is 0.649. The van der Waals surface area contributed by atoms with Gasteiger partial charge in [0.25, 0.3) is 0 Å². The van der Waals surface area contributed by atoms with Crippen LogP contribution in [-0.2, 0) is 0 Å². The van der Waals surface area contributed by atoms with Crippen molar-refractivity contribution in [2.45, 2.75) is 58.5 Å². The van der Waals surface area contributed by atoms with E-state index in [4.69, 9.17) is 0 Å². The molecule has 2 unspecified atom stereocenters. The van der Waals surface area contributed by atoms with Gasteiger partial charge < -0.3 is 5.32 Å². The van der Waals surface area contributed by atoms with E-state index >= 15 is 0 Å². The van der Waals surface area contributed by atoms with Crippen molar-refractivity contribution in [2.75, 3.05) is 12.0 Å². The molecule has 0 heterocycles. The second kappa shape index (κ2) is 8.89. The molecule has 2 heteroatoms. The van der Waals surface area contributed by atoms with Gasteiger partial charge >= 0.3 is 0 Å². The topological polar surface area (TPSA) is 12.0 Å². The molecule has 0 aliphatic heterocycles. The Morgan fingerprint density at radius 3 is 2.08 bits per heavy atom. The van der Waals surface area contributed by atoms with Gasteiger partial charge in [-0.1, -0.05) is 27.2 Å². The fourth-order valence-electron chi connectivity index (χ4n) is 1.57. The Kier molecular flexibility index (Phi) is 9.10. The SMILES string of the molecule is CCCC(CC)NC(CC)CSC. The lowest BCUT2D eigenvalue weighted by Gasteiger charge is -2.23. The molecule has 2 atom stereocenters. The molecule has 0 aliphatic rings. The molecule has 0 aromatic heterocycles. The highest BCUT2D eigenvalue weighted by molar-refractivity contribution is 7.98. The molecule has 0 amide bonds. The maximum Gasteiger partial charge on any atom is 0.0158 e. The summed E-state index contributed by atoms with van der Waals surface area (Å²) in [6.45, 7) is 6.81. The Labute approximate surface area is 88.1 Å². The molecule has 13 heavy (non-hydrogen) atoms. The molecule has 0 saturated carbocycles. The van der Waals surface area contributed by atoms with E-state index in [1.165, 1.54) is 31.4 Å². The van der Waals surface area contributed by atoms with Crippen molar-refractivity contribution in [1.29, 1.82) is 0 Å². The zero-order valence-corrected chi connectivity index (χ0v) is 10.4. The van der Waals surface area contributed by atoms with E-state index in [2.05, 4.69) is 32.3 Å². The van der Waals surface area contributed by atoms with Crippen LogP contribution in [0.5, 0.6) is 0 Å². The first-order valence-electron chi connectivity index (χ1n) is 5.53. The number of thioether (sulfide) groups is 1. The number of hydrogen-bond donors (Lipinski definition) is 1. The van der Waals surface area contributed by atoms with Crippen LogP contribution in [0.1, 0.15) is 46.5 Å². The molecule has 1 N–H and O–H groups in total. The van der Waals surface area contributed by atoms with Crippen LogP contribution in [0.25, 0.3) is 0 Å². The lowest BCUT2D eigenvalue weighted by molar-refractivity contribution is 0.407. The van der Waals surface area contributed by atoms with Gasteiger partial charge in [-0.2, -0.15) is 11.8 Å². The van der Waals surface area contributed by atoms with Crippen LogP contribution in [0.2, 0.25) is 0 Å². The van der Waals surface area contributed by atoms with Gasteiger partial charge in [0.15, 0.2) is 0 Å². The maximum absolute atomic E-state index is 3.73. The highest BCUT2D eigenvalue weighted by Gasteiger charge is 2.10.